The maximum Gasteiger partial charge on any atom is 0.313 e. The van der Waals surface area contributed by atoms with Crippen LogP contribution in [-0.4, -0.2) is 25.1 Å². The van der Waals surface area contributed by atoms with E-state index in [0.29, 0.717) is 5.76 Å². The molecule has 0 bridgehead atoms. The first kappa shape index (κ1) is 19.5. The summed E-state index contributed by atoms with van der Waals surface area (Å²) in [6.45, 7) is 3.56. The molecule has 0 saturated carbocycles. The standard InChI is InChI=1S/C22H23NO5/c1-14(16-6-7-18-12-19(26-3)9-8-17(18)11-16)22(25)28-15(2)21(24)23-13-20-5-4-10-27-20/h4-12,14-15H,13H2,1-3H3,(H,23,24)/t14-,15+/m0/s1. The molecule has 146 valence electrons. The van der Waals surface area contributed by atoms with Crippen molar-refractivity contribution in [3.8, 4) is 5.75 Å². The third-order valence-electron chi connectivity index (χ3n) is 4.60. The first-order valence-corrected chi connectivity index (χ1v) is 9.06. The van der Waals surface area contributed by atoms with Crippen molar-refractivity contribution in [1.29, 1.82) is 0 Å². The second kappa shape index (κ2) is 8.61. The molecule has 0 radical (unpaired) electrons. The number of carbonyl (C=O) groups is 2. The van der Waals surface area contributed by atoms with Gasteiger partial charge in [-0.05, 0) is 54.4 Å². The van der Waals surface area contributed by atoms with Gasteiger partial charge >= 0.3 is 5.97 Å². The number of furan rings is 1. The van der Waals surface area contributed by atoms with Crippen molar-refractivity contribution < 1.29 is 23.5 Å². The van der Waals surface area contributed by atoms with Gasteiger partial charge in [-0.1, -0.05) is 24.3 Å². The Morgan fingerprint density at radius 3 is 2.54 bits per heavy atom. The van der Waals surface area contributed by atoms with E-state index in [4.69, 9.17) is 13.9 Å². The average Bonchev–Trinajstić information content (AvgIpc) is 3.24. The van der Waals surface area contributed by atoms with Crippen LogP contribution in [0, 0.1) is 0 Å². The summed E-state index contributed by atoms with van der Waals surface area (Å²) in [7, 11) is 1.62. The van der Waals surface area contributed by atoms with E-state index >= 15 is 0 Å². The van der Waals surface area contributed by atoms with Gasteiger partial charge in [-0.2, -0.15) is 0 Å². The van der Waals surface area contributed by atoms with E-state index in [-0.39, 0.29) is 12.5 Å². The van der Waals surface area contributed by atoms with Gasteiger partial charge in [-0.25, -0.2) is 0 Å². The first-order chi connectivity index (χ1) is 13.5. The van der Waals surface area contributed by atoms with E-state index < -0.39 is 18.0 Å². The van der Waals surface area contributed by atoms with Gasteiger partial charge in [0.1, 0.15) is 11.5 Å². The molecular weight excluding hydrogens is 358 g/mol. The molecule has 1 heterocycles. The number of hydrogen-bond donors (Lipinski definition) is 1. The van der Waals surface area contributed by atoms with Crippen LogP contribution >= 0.6 is 0 Å². The van der Waals surface area contributed by atoms with E-state index in [2.05, 4.69) is 5.32 Å². The first-order valence-electron chi connectivity index (χ1n) is 9.06. The lowest BCUT2D eigenvalue weighted by Gasteiger charge is -2.17. The smallest absolute Gasteiger partial charge is 0.313 e. The summed E-state index contributed by atoms with van der Waals surface area (Å²) in [6, 6.07) is 15.0. The zero-order chi connectivity index (χ0) is 20.1. The van der Waals surface area contributed by atoms with Crippen LogP contribution in [0.1, 0.15) is 31.1 Å². The van der Waals surface area contributed by atoms with E-state index in [1.165, 1.54) is 6.26 Å². The fourth-order valence-corrected chi connectivity index (χ4v) is 2.84. The Bertz CT molecular complexity index is 964. The number of rotatable bonds is 7. The van der Waals surface area contributed by atoms with Gasteiger partial charge in [0.05, 0.1) is 25.8 Å². The number of nitrogens with one attached hydrogen (secondary N) is 1. The zero-order valence-electron chi connectivity index (χ0n) is 16.1. The molecular formula is C22H23NO5. The van der Waals surface area contributed by atoms with Gasteiger partial charge in [0.25, 0.3) is 5.91 Å². The molecule has 2 atom stereocenters. The Labute approximate surface area is 163 Å². The number of esters is 1. The third kappa shape index (κ3) is 4.52. The van der Waals surface area contributed by atoms with Gasteiger partial charge in [-0.15, -0.1) is 0 Å². The molecule has 3 rings (SSSR count). The monoisotopic (exact) mass is 381 g/mol. The highest BCUT2D eigenvalue weighted by molar-refractivity contribution is 5.88. The Balaban J connectivity index is 1.61. The maximum atomic E-state index is 12.5. The Morgan fingerprint density at radius 1 is 1.07 bits per heavy atom. The summed E-state index contributed by atoms with van der Waals surface area (Å²) >= 11 is 0. The molecule has 1 amide bonds. The lowest BCUT2D eigenvalue weighted by Crippen LogP contribution is -2.36. The Hall–Kier alpha value is -3.28. The summed E-state index contributed by atoms with van der Waals surface area (Å²) in [4.78, 5) is 24.6. The van der Waals surface area contributed by atoms with Crippen LogP contribution in [-0.2, 0) is 20.9 Å². The normalized spacial score (nSPS) is 13.0. The quantitative estimate of drug-likeness (QED) is 0.630. The van der Waals surface area contributed by atoms with E-state index in [1.807, 2.05) is 36.4 Å². The molecule has 2 aromatic carbocycles. The van der Waals surface area contributed by atoms with Crippen molar-refractivity contribution in [2.45, 2.75) is 32.4 Å². The largest absolute Gasteiger partial charge is 0.497 e. The molecule has 0 saturated heterocycles. The highest BCUT2D eigenvalue weighted by atomic mass is 16.5. The fraction of sp³-hybridized carbons (Fsp3) is 0.273. The lowest BCUT2D eigenvalue weighted by molar-refractivity contribution is -0.156. The molecule has 0 aliphatic rings. The predicted molar refractivity (Wildman–Crippen MR) is 105 cm³/mol. The van der Waals surface area contributed by atoms with Crippen molar-refractivity contribution in [3.63, 3.8) is 0 Å². The Morgan fingerprint density at radius 2 is 1.82 bits per heavy atom. The molecule has 1 N–H and O–H groups in total. The van der Waals surface area contributed by atoms with Crippen LogP contribution in [0.15, 0.2) is 59.2 Å². The number of carbonyl (C=O) groups excluding carboxylic acids is 2. The summed E-state index contributed by atoms with van der Waals surface area (Å²) in [5.41, 5.74) is 0.825. The SMILES string of the molecule is COc1ccc2cc([C@H](C)C(=O)O[C@H](C)C(=O)NCc3ccco3)ccc2c1. The molecule has 6 nitrogen and oxygen atoms in total. The van der Waals surface area contributed by atoms with Crippen LogP contribution in [0.2, 0.25) is 0 Å². The molecule has 0 aliphatic heterocycles. The topological polar surface area (TPSA) is 77.8 Å². The molecule has 0 spiro atoms. The van der Waals surface area contributed by atoms with Crippen molar-refractivity contribution >= 4 is 22.6 Å². The van der Waals surface area contributed by atoms with E-state index in [1.54, 1.807) is 33.1 Å². The van der Waals surface area contributed by atoms with Crippen molar-refractivity contribution in [3.05, 3.63) is 66.1 Å². The number of ether oxygens (including phenoxy) is 2. The molecule has 0 aliphatic carbocycles. The second-order valence-corrected chi connectivity index (χ2v) is 6.57. The minimum absolute atomic E-state index is 0.247. The summed E-state index contributed by atoms with van der Waals surface area (Å²) < 4.78 is 15.7. The number of amides is 1. The molecule has 0 unspecified atom stereocenters. The highest BCUT2D eigenvalue weighted by Gasteiger charge is 2.23. The maximum absolute atomic E-state index is 12.5. The van der Waals surface area contributed by atoms with Gasteiger partial charge in [0.15, 0.2) is 6.10 Å². The Kier molecular flexibility index (Phi) is 5.99. The third-order valence-corrected chi connectivity index (χ3v) is 4.60. The molecule has 28 heavy (non-hydrogen) atoms. The molecule has 1 aromatic heterocycles. The van der Waals surface area contributed by atoms with Gasteiger partial charge < -0.3 is 19.2 Å². The highest BCUT2D eigenvalue weighted by Crippen LogP contribution is 2.26. The van der Waals surface area contributed by atoms with E-state index in [0.717, 1.165) is 22.1 Å². The van der Waals surface area contributed by atoms with Crippen LogP contribution < -0.4 is 10.1 Å². The molecule has 3 aromatic rings. The predicted octanol–water partition coefficient (Wildman–Crippen LogP) is 3.79. The minimum Gasteiger partial charge on any atom is -0.497 e. The van der Waals surface area contributed by atoms with Crippen LogP contribution in [0.5, 0.6) is 5.75 Å². The van der Waals surface area contributed by atoms with Crippen LogP contribution in [0.3, 0.4) is 0 Å². The van der Waals surface area contributed by atoms with Gasteiger partial charge in [0, 0.05) is 0 Å². The van der Waals surface area contributed by atoms with Crippen molar-refractivity contribution in [2.24, 2.45) is 0 Å². The number of methoxy groups -OCH3 is 1. The molecule has 0 fully saturated rings. The van der Waals surface area contributed by atoms with Crippen LogP contribution in [0.25, 0.3) is 10.8 Å². The summed E-state index contributed by atoms with van der Waals surface area (Å²) in [5, 5.41) is 4.71. The van der Waals surface area contributed by atoms with Gasteiger partial charge in [-0.3, -0.25) is 9.59 Å². The number of fused-ring (bicyclic) bond motifs is 1. The number of hydrogen-bond acceptors (Lipinski definition) is 5. The molecule has 6 heteroatoms. The lowest BCUT2D eigenvalue weighted by atomic mass is 9.98. The zero-order valence-corrected chi connectivity index (χ0v) is 16.1. The van der Waals surface area contributed by atoms with E-state index in [9.17, 15) is 9.59 Å². The van der Waals surface area contributed by atoms with Crippen LogP contribution in [0.4, 0.5) is 0 Å². The summed E-state index contributed by atoms with van der Waals surface area (Å²) in [5.74, 6) is 0.0954. The minimum atomic E-state index is -0.894. The summed E-state index contributed by atoms with van der Waals surface area (Å²) in [6.07, 6.45) is 0.640. The number of benzene rings is 2. The van der Waals surface area contributed by atoms with Gasteiger partial charge in [0.2, 0.25) is 0 Å². The van der Waals surface area contributed by atoms with Crippen molar-refractivity contribution in [1.82, 2.24) is 5.32 Å². The second-order valence-electron chi connectivity index (χ2n) is 6.57. The average molecular weight is 381 g/mol. The van der Waals surface area contributed by atoms with Crippen molar-refractivity contribution in [2.75, 3.05) is 7.11 Å². The fourth-order valence-electron chi connectivity index (χ4n) is 2.84.